The molecule has 1 aromatic heterocycles. The van der Waals surface area contributed by atoms with Gasteiger partial charge in [-0.1, -0.05) is 17.3 Å². The Balaban J connectivity index is 1.67. The number of carboxylic acid groups (broad SMARTS) is 1. The van der Waals surface area contributed by atoms with Crippen LogP contribution in [-0.4, -0.2) is 51.7 Å². The summed E-state index contributed by atoms with van der Waals surface area (Å²) in [6.07, 6.45) is 15.3. The highest BCUT2D eigenvalue weighted by molar-refractivity contribution is 7.99. The Morgan fingerprint density at radius 1 is 1.10 bits per heavy atom. The predicted molar refractivity (Wildman–Crippen MR) is 154 cm³/mol. The first-order valence-corrected chi connectivity index (χ1v) is 13.7. The number of nitrogens with one attached hydrogen (secondary N) is 1. The Morgan fingerprint density at radius 3 is 2.45 bits per heavy atom. The smallest absolute Gasteiger partial charge is 0.404 e. The summed E-state index contributed by atoms with van der Waals surface area (Å²) in [7, 11) is 0. The van der Waals surface area contributed by atoms with Crippen LogP contribution in [0.5, 0.6) is 11.5 Å². The molecule has 3 aromatic rings. The zero-order valence-corrected chi connectivity index (χ0v) is 22.8. The van der Waals surface area contributed by atoms with Crippen LogP contribution in [0.2, 0.25) is 0 Å². The molecule has 10 heteroatoms. The molecule has 0 aliphatic carbocycles. The number of carbonyl (C=O) groups is 1. The monoisotopic (exact) mass is 562 g/mol. The first-order valence-electron chi connectivity index (χ1n) is 12.7. The van der Waals surface area contributed by atoms with Crippen molar-refractivity contribution >= 4 is 17.9 Å². The van der Waals surface area contributed by atoms with Gasteiger partial charge in [-0.15, -0.1) is 41.5 Å². The zero-order valence-electron chi connectivity index (χ0n) is 22.0. The molecule has 208 valence electrons. The summed E-state index contributed by atoms with van der Waals surface area (Å²) in [5.74, 6) is 6.23. The number of hydrogen-bond donors (Lipinski definition) is 2. The number of hydrogen-bond acceptors (Lipinski definition) is 6. The second-order valence-electron chi connectivity index (χ2n) is 8.58. The van der Waals surface area contributed by atoms with Gasteiger partial charge in [0.25, 0.3) is 0 Å². The van der Waals surface area contributed by atoms with Crippen molar-refractivity contribution in [2.24, 2.45) is 0 Å². The van der Waals surface area contributed by atoms with Crippen LogP contribution < -0.4 is 14.8 Å². The van der Waals surface area contributed by atoms with E-state index in [0.717, 1.165) is 28.9 Å². The molecular weight excluding hydrogens is 531 g/mol. The second-order valence-corrected chi connectivity index (χ2v) is 9.63. The minimum atomic E-state index is -1.19. The van der Waals surface area contributed by atoms with Gasteiger partial charge in [-0.2, -0.15) is 0 Å². The van der Waals surface area contributed by atoms with Gasteiger partial charge in [0.2, 0.25) is 0 Å². The fourth-order valence-electron chi connectivity index (χ4n) is 3.50. The summed E-state index contributed by atoms with van der Waals surface area (Å²) in [5, 5.41) is 19.3. The van der Waals surface area contributed by atoms with E-state index in [9.17, 15) is 9.18 Å². The minimum absolute atomic E-state index is 0.0728. The van der Waals surface area contributed by atoms with E-state index in [0.29, 0.717) is 49.8 Å². The molecule has 2 aromatic carbocycles. The van der Waals surface area contributed by atoms with Gasteiger partial charge in [0, 0.05) is 41.7 Å². The lowest BCUT2D eigenvalue weighted by Gasteiger charge is -2.11. The first kappa shape index (κ1) is 30.1. The van der Waals surface area contributed by atoms with Crippen LogP contribution in [0.4, 0.5) is 9.18 Å². The summed E-state index contributed by atoms with van der Waals surface area (Å²) >= 11 is 1.32. The predicted octanol–water partition coefficient (Wildman–Crippen LogP) is 5.79. The van der Waals surface area contributed by atoms with Gasteiger partial charge < -0.3 is 19.9 Å². The summed E-state index contributed by atoms with van der Waals surface area (Å²) in [6, 6.07) is 13.3. The average Bonchev–Trinajstić information content (AvgIpc) is 3.41. The highest BCUT2D eigenvalue weighted by Crippen LogP contribution is 2.29. The lowest BCUT2D eigenvalue weighted by Crippen LogP contribution is -2.20. The Hall–Kier alpha value is -4.41. The number of ether oxygens (including phenoxy) is 2. The molecule has 8 nitrogen and oxygen atoms in total. The van der Waals surface area contributed by atoms with Crippen LogP contribution in [0, 0.1) is 24.7 Å². The number of aromatic nitrogens is 3. The van der Waals surface area contributed by atoms with E-state index in [1.54, 1.807) is 4.68 Å². The number of unbranched alkanes of at least 4 members (excludes halogenated alkanes) is 2. The average molecular weight is 563 g/mol. The molecule has 2 N–H and O–H groups in total. The van der Waals surface area contributed by atoms with Crippen molar-refractivity contribution in [3.8, 4) is 47.4 Å². The zero-order chi connectivity index (χ0) is 28.6. The van der Waals surface area contributed by atoms with E-state index in [1.165, 1.54) is 17.8 Å². The molecule has 0 fully saturated rings. The normalized spacial score (nSPS) is 10.9. The van der Waals surface area contributed by atoms with Crippen LogP contribution in [0.1, 0.15) is 31.2 Å². The largest absolute Gasteiger partial charge is 0.493 e. The van der Waals surface area contributed by atoms with Crippen molar-refractivity contribution in [1.82, 2.24) is 20.3 Å². The maximum atomic E-state index is 14.0. The number of benzene rings is 2. The van der Waals surface area contributed by atoms with E-state index >= 15 is 0 Å². The number of thioether (sulfide) groups is 1. The molecule has 3 rings (SSSR count). The van der Waals surface area contributed by atoms with Crippen molar-refractivity contribution in [3.05, 3.63) is 66.1 Å². The number of amides is 1. The summed E-state index contributed by atoms with van der Waals surface area (Å²) in [6.45, 7) is 1.38. The van der Waals surface area contributed by atoms with Crippen LogP contribution in [0.15, 0.2) is 65.5 Å². The summed E-state index contributed by atoms with van der Waals surface area (Å²) < 4.78 is 27.5. The summed E-state index contributed by atoms with van der Waals surface area (Å²) in [4.78, 5) is 11.4. The van der Waals surface area contributed by atoms with Crippen LogP contribution in [-0.2, 0) is 6.54 Å². The standard InChI is InChI=1S/C30H31FN4O4S/c1-3-5-7-14-38-26-17-24(18-27(19-26)39-15-8-6-4-2)29-21-35(34-33-29)20-23-10-9-11-28(16-23)40-22-25(31)12-13-32-30(36)37/h1-2,9-12,16-19,21,32H,5-8,13-15,20,22H2,(H,36,37). The van der Waals surface area contributed by atoms with Crippen molar-refractivity contribution in [3.63, 3.8) is 0 Å². The molecule has 1 amide bonds. The van der Waals surface area contributed by atoms with Crippen molar-refractivity contribution in [2.45, 2.75) is 37.1 Å². The quantitative estimate of drug-likeness (QED) is 0.130. The van der Waals surface area contributed by atoms with Gasteiger partial charge >= 0.3 is 6.09 Å². The SMILES string of the molecule is C#CCCCOc1cc(OCCCC#C)cc(-c2cn(Cc3cccc(SCC(F)=CCNC(=O)O)c3)nn2)c1. The van der Waals surface area contributed by atoms with Crippen molar-refractivity contribution < 1.29 is 23.8 Å². The van der Waals surface area contributed by atoms with E-state index in [1.807, 2.05) is 48.7 Å². The van der Waals surface area contributed by atoms with Crippen molar-refractivity contribution in [1.29, 1.82) is 0 Å². The molecule has 0 bridgehead atoms. The molecule has 40 heavy (non-hydrogen) atoms. The number of rotatable bonds is 16. The fourth-order valence-corrected chi connectivity index (χ4v) is 4.34. The molecule has 0 unspecified atom stereocenters. The molecule has 0 atom stereocenters. The minimum Gasteiger partial charge on any atom is -0.493 e. The number of nitrogens with zero attached hydrogens (tertiary/aromatic N) is 3. The molecule has 0 saturated carbocycles. The molecule has 1 heterocycles. The Bertz CT molecular complexity index is 1340. The maximum absolute atomic E-state index is 14.0. The van der Waals surface area contributed by atoms with E-state index < -0.39 is 11.9 Å². The van der Waals surface area contributed by atoms with Gasteiger partial charge in [-0.3, -0.25) is 0 Å². The number of terminal acetylenes is 2. The fraction of sp³-hybridized carbons (Fsp3) is 0.300. The second kappa shape index (κ2) is 16.5. The Labute approximate surface area is 238 Å². The Morgan fingerprint density at radius 2 is 1.80 bits per heavy atom. The molecular formula is C30H31FN4O4S. The van der Waals surface area contributed by atoms with E-state index in [-0.39, 0.29) is 12.3 Å². The Kier molecular flexibility index (Phi) is 12.5. The third kappa shape index (κ3) is 10.8. The molecule has 0 radical (unpaired) electrons. The van der Waals surface area contributed by atoms with Gasteiger partial charge in [0.05, 0.1) is 26.0 Å². The highest BCUT2D eigenvalue weighted by Gasteiger charge is 2.10. The van der Waals surface area contributed by atoms with Gasteiger partial charge in [0.15, 0.2) is 0 Å². The van der Waals surface area contributed by atoms with Crippen molar-refractivity contribution in [2.75, 3.05) is 25.5 Å². The first-order chi connectivity index (χ1) is 19.5. The lowest BCUT2D eigenvalue weighted by atomic mass is 10.1. The third-order valence-corrected chi connectivity index (χ3v) is 6.39. The van der Waals surface area contributed by atoms with Gasteiger partial charge in [-0.05, 0) is 48.7 Å². The molecule has 0 aliphatic rings. The third-order valence-electron chi connectivity index (χ3n) is 5.38. The number of halogens is 1. The van der Waals surface area contributed by atoms with Crippen LogP contribution >= 0.6 is 11.8 Å². The summed E-state index contributed by atoms with van der Waals surface area (Å²) in [5.41, 5.74) is 2.44. The van der Waals surface area contributed by atoms with E-state index in [2.05, 4.69) is 27.5 Å². The van der Waals surface area contributed by atoms with E-state index in [4.69, 9.17) is 27.4 Å². The molecule has 0 spiro atoms. The lowest BCUT2D eigenvalue weighted by molar-refractivity contribution is 0.195. The topological polar surface area (TPSA) is 98.5 Å². The molecule has 0 saturated heterocycles. The molecule has 0 aliphatic heterocycles. The van der Waals surface area contributed by atoms with Gasteiger partial charge in [0.1, 0.15) is 23.0 Å². The van der Waals surface area contributed by atoms with Gasteiger partial charge in [-0.25, -0.2) is 13.9 Å². The van der Waals surface area contributed by atoms with Crippen LogP contribution in [0.3, 0.4) is 0 Å². The van der Waals surface area contributed by atoms with Crippen LogP contribution in [0.25, 0.3) is 11.3 Å². The highest BCUT2D eigenvalue weighted by atomic mass is 32.2. The maximum Gasteiger partial charge on any atom is 0.404 e.